The summed E-state index contributed by atoms with van der Waals surface area (Å²) in [5, 5.41) is 8.26. The van der Waals surface area contributed by atoms with E-state index in [4.69, 9.17) is 44.9 Å². The number of benzene rings is 2. The van der Waals surface area contributed by atoms with Crippen molar-refractivity contribution < 1.29 is 14.3 Å². The average molecular weight is 584 g/mol. The summed E-state index contributed by atoms with van der Waals surface area (Å²) in [6, 6.07) is 8.56. The molecule has 0 aliphatic heterocycles. The molecule has 0 aromatic heterocycles. The van der Waals surface area contributed by atoms with Crippen molar-refractivity contribution >= 4 is 90.3 Å². The highest BCUT2D eigenvalue weighted by Gasteiger charge is 2.11. The Balaban J connectivity index is 1.97. The number of carbonyl (C=O) groups is 1. The number of carbonyl (C=O) groups excluding carboxylic acids is 1. The van der Waals surface area contributed by atoms with E-state index in [1.807, 2.05) is 0 Å². The van der Waals surface area contributed by atoms with Gasteiger partial charge in [-0.05, 0) is 86.9 Å². The normalized spacial score (nSPS) is 10.7. The summed E-state index contributed by atoms with van der Waals surface area (Å²) in [6.07, 6.45) is 1.57. The lowest BCUT2D eigenvalue weighted by atomic mass is 10.2. The molecule has 0 aliphatic carbocycles. The molecule has 0 heterocycles. The summed E-state index contributed by atoms with van der Waals surface area (Å²) in [5.74, 6) is 0.0397. The zero-order valence-corrected chi connectivity index (χ0v) is 20.5. The summed E-state index contributed by atoms with van der Waals surface area (Å²) < 4.78 is 11.6. The van der Waals surface area contributed by atoms with Gasteiger partial charge in [-0.3, -0.25) is 5.43 Å². The molecule has 0 aliphatic rings. The van der Waals surface area contributed by atoms with E-state index in [0.717, 1.165) is 5.56 Å². The van der Waals surface area contributed by atoms with Crippen molar-refractivity contribution in [3.63, 3.8) is 0 Å². The highest BCUT2D eigenvalue weighted by molar-refractivity contribution is 9.11. The van der Waals surface area contributed by atoms with E-state index in [0.29, 0.717) is 37.0 Å². The van der Waals surface area contributed by atoms with Crippen molar-refractivity contribution in [1.29, 1.82) is 0 Å². The van der Waals surface area contributed by atoms with E-state index in [1.54, 1.807) is 43.5 Å². The second-order valence-electron chi connectivity index (χ2n) is 5.36. The predicted octanol–water partition coefficient (Wildman–Crippen LogP) is 5.78. The summed E-state index contributed by atoms with van der Waals surface area (Å²) in [4.78, 5) is 11.4. The Kier molecular flexibility index (Phi) is 9.64. The number of rotatable bonds is 7. The van der Waals surface area contributed by atoms with Gasteiger partial charge in [-0.25, -0.2) is 4.79 Å². The monoisotopic (exact) mass is 581 g/mol. The maximum Gasteiger partial charge on any atom is 0.344 e. The first-order chi connectivity index (χ1) is 13.8. The third-order valence-corrected chi connectivity index (χ3v) is 5.15. The lowest BCUT2D eigenvalue weighted by molar-refractivity contribution is -0.145. The number of nitrogens with one attached hydrogen (secondary N) is 2. The van der Waals surface area contributed by atoms with Crippen LogP contribution in [0.5, 0.6) is 5.75 Å². The van der Waals surface area contributed by atoms with Crippen LogP contribution in [0.1, 0.15) is 12.5 Å². The quantitative estimate of drug-likeness (QED) is 0.186. The number of thiocarbonyl (C=S) groups is 1. The molecule has 29 heavy (non-hydrogen) atoms. The van der Waals surface area contributed by atoms with Crippen molar-refractivity contribution in [3.8, 4) is 5.75 Å². The highest BCUT2D eigenvalue weighted by Crippen LogP contribution is 2.34. The van der Waals surface area contributed by atoms with Gasteiger partial charge in [-0.2, -0.15) is 5.10 Å². The van der Waals surface area contributed by atoms with Crippen LogP contribution in [0.3, 0.4) is 0 Å². The molecule has 0 atom stereocenters. The van der Waals surface area contributed by atoms with E-state index in [9.17, 15) is 4.79 Å². The standard InChI is InChI=1S/C18H15Br2Cl2N3O3S/c1-2-27-16(26)9-28-17-12(19)5-10(6-13(17)20)8-23-25-18(29)24-15-7-11(21)3-4-14(15)22/h3-8H,2,9H2,1H3,(H2,24,25,29)/b23-8-. The van der Waals surface area contributed by atoms with Gasteiger partial charge in [0.15, 0.2) is 11.7 Å². The van der Waals surface area contributed by atoms with Crippen LogP contribution in [0.25, 0.3) is 0 Å². The predicted molar refractivity (Wildman–Crippen MR) is 127 cm³/mol. The van der Waals surface area contributed by atoms with Crippen LogP contribution >= 0.6 is 67.3 Å². The number of nitrogens with zero attached hydrogens (tertiary/aromatic N) is 1. The maximum atomic E-state index is 11.4. The summed E-state index contributed by atoms with van der Waals surface area (Å²) in [5.41, 5.74) is 4.02. The zero-order chi connectivity index (χ0) is 21.4. The highest BCUT2D eigenvalue weighted by atomic mass is 79.9. The number of anilines is 1. The van der Waals surface area contributed by atoms with E-state index < -0.39 is 5.97 Å². The smallest absolute Gasteiger partial charge is 0.344 e. The van der Waals surface area contributed by atoms with Crippen LogP contribution in [0.4, 0.5) is 5.69 Å². The topological polar surface area (TPSA) is 72.0 Å². The Morgan fingerprint density at radius 1 is 1.24 bits per heavy atom. The average Bonchev–Trinajstić information content (AvgIpc) is 2.64. The van der Waals surface area contributed by atoms with Crippen LogP contribution in [-0.2, 0) is 9.53 Å². The number of hydrogen-bond donors (Lipinski definition) is 2. The third-order valence-electron chi connectivity index (χ3n) is 3.22. The molecule has 2 rings (SSSR count). The lowest BCUT2D eigenvalue weighted by Crippen LogP contribution is -2.24. The van der Waals surface area contributed by atoms with Gasteiger partial charge in [0.1, 0.15) is 5.75 Å². The van der Waals surface area contributed by atoms with Gasteiger partial charge in [-0.15, -0.1) is 0 Å². The van der Waals surface area contributed by atoms with E-state index in [-0.39, 0.29) is 11.7 Å². The molecule has 0 saturated carbocycles. The summed E-state index contributed by atoms with van der Waals surface area (Å²) in [6.45, 7) is 1.84. The van der Waals surface area contributed by atoms with Crippen LogP contribution in [-0.4, -0.2) is 30.5 Å². The number of hydrogen-bond acceptors (Lipinski definition) is 5. The maximum absolute atomic E-state index is 11.4. The van der Waals surface area contributed by atoms with E-state index in [2.05, 4.69) is 47.7 Å². The summed E-state index contributed by atoms with van der Waals surface area (Å²) in [7, 11) is 0. The second-order valence-corrected chi connectivity index (χ2v) is 8.32. The fraction of sp³-hybridized carbons (Fsp3) is 0.167. The molecule has 0 radical (unpaired) electrons. The van der Waals surface area contributed by atoms with Gasteiger partial charge < -0.3 is 14.8 Å². The number of hydrazone groups is 1. The summed E-state index contributed by atoms with van der Waals surface area (Å²) >= 11 is 24.0. The molecule has 2 aromatic carbocycles. The molecule has 2 N–H and O–H groups in total. The van der Waals surface area contributed by atoms with Gasteiger partial charge >= 0.3 is 5.97 Å². The minimum absolute atomic E-state index is 0.188. The molecule has 6 nitrogen and oxygen atoms in total. The van der Waals surface area contributed by atoms with Crippen molar-refractivity contribution in [3.05, 3.63) is 54.9 Å². The number of esters is 1. The van der Waals surface area contributed by atoms with Gasteiger partial charge in [-0.1, -0.05) is 23.2 Å². The zero-order valence-electron chi connectivity index (χ0n) is 15.0. The Morgan fingerprint density at radius 3 is 2.59 bits per heavy atom. The molecule has 154 valence electrons. The first kappa shape index (κ1) is 23.9. The second kappa shape index (κ2) is 11.7. The molecule has 0 saturated heterocycles. The molecular formula is C18H15Br2Cl2N3O3S. The first-order valence-corrected chi connectivity index (χ1v) is 10.9. The Bertz CT molecular complexity index is 922. The van der Waals surface area contributed by atoms with E-state index >= 15 is 0 Å². The molecule has 0 spiro atoms. The Labute approximate surface area is 200 Å². The van der Waals surface area contributed by atoms with Gasteiger partial charge in [0, 0.05) is 5.02 Å². The fourth-order valence-corrected chi connectivity index (χ4v) is 3.99. The van der Waals surface area contributed by atoms with Crippen molar-refractivity contribution in [2.24, 2.45) is 5.10 Å². The minimum atomic E-state index is -0.443. The molecule has 0 unspecified atom stereocenters. The lowest BCUT2D eigenvalue weighted by Gasteiger charge is -2.11. The largest absolute Gasteiger partial charge is 0.480 e. The van der Waals surface area contributed by atoms with Gasteiger partial charge in [0.2, 0.25) is 0 Å². The molecule has 0 bridgehead atoms. The SMILES string of the molecule is CCOC(=O)COc1c(Br)cc(/C=N\NC(=S)Nc2cc(Cl)ccc2Cl)cc1Br. The fourth-order valence-electron chi connectivity index (χ4n) is 2.03. The van der Waals surface area contributed by atoms with Crippen LogP contribution in [0, 0.1) is 0 Å². The molecular weight excluding hydrogens is 569 g/mol. The molecule has 0 fully saturated rings. The molecule has 11 heteroatoms. The number of halogens is 4. The first-order valence-electron chi connectivity index (χ1n) is 8.12. The van der Waals surface area contributed by atoms with Crippen LogP contribution in [0.15, 0.2) is 44.4 Å². The van der Waals surface area contributed by atoms with Crippen molar-refractivity contribution in [2.45, 2.75) is 6.92 Å². The van der Waals surface area contributed by atoms with Crippen LogP contribution < -0.4 is 15.5 Å². The van der Waals surface area contributed by atoms with Crippen molar-refractivity contribution in [1.82, 2.24) is 5.43 Å². The molecule has 0 amide bonds. The van der Waals surface area contributed by atoms with Crippen LogP contribution in [0.2, 0.25) is 10.0 Å². The van der Waals surface area contributed by atoms with E-state index in [1.165, 1.54) is 0 Å². The Morgan fingerprint density at radius 2 is 1.93 bits per heavy atom. The van der Waals surface area contributed by atoms with Crippen molar-refractivity contribution in [2.75, 3.05) is 18.5 Å². The third kappa shape index (κ3) is 7.75. The molecule has 2 aromatic rings. The number of ether oxygens (including phenoxy) is 2. The Hall–Kier alpha value is -1.39. The van der Waals surface area contributed by atoms with Gasteiger partial charge in [0.25, 0.3) is 0 Å². The van der Waals surface area contributed by atoms with Gasteiger partial charge in [0.05, 0.1) is 32.5 Å². The minimum Gasteiger partial charge on any atom is -0.480 e.